The largest absolute Gasteiger partial charge is 0.228 e. The van der Waals surface area contributed by atoms with Crippen LogP contribution in [0.2, 0.25) is 0 Å². The average Bonchev–Trinajstić information content (AvgIpc) is 2.81. The summed E-state index contributed by atoms with van der Waals surface area (Å²) in [5, 5.41) is 0. The summed E-state index contributed by atoms with van der Waals surface area (Å²) in [5.74, 6) is 1.83. The van der Waals surface area contributed by atoms with Gasteiger partial charge in [-0.2, -0.15) is 0 Å². The van der Waals surface area contributed by atoms with Gasteiger partial charge in [0.1, 0.15) is 0 Å². The van der Waals surface area contributed by atoms with Crippen molar-refractivity contribution in [3.63, 3.8) is 0 Å². The summed E-state index contributed by atoms with van der Waals surface area (Å²) < 4.78 is 0. The highest BCUT2D eigenvalue weighted by Crippen LogP contribution is 2.80. The molecule has 79 heavy (non-hydrogen) atoms. The van der Waals surface area contributed by atoms with Crippen LogP contribution in [0.4, 0.5) is 0 Å². The van der Waals surface area contributed by atoms with Crippen LogP contribution in [-0.2, 0) is 16.2 Å². The smallest absolute Gasteiger partial charge is 0.160 e. The fourth-order valence-corrected chi connectivity index (χ4v) is 17.2. The molecular weight excluding hydrogens is 953 g/mol. The Morgan fingerprint density at radius 3 is 1.53 bits per heavy atom. The normalized spacial score (nSPS) is 22.7. The highest BCUT2D eigenvalue weighted by molar-refractivity contribution is 5.84. The molecule has 0 radical (unpaired) electrons. The molecule has 10 aromatic carbocycles. The van der Waals surface area contributed by atoms with Crippen LogP contribution in [0.25, 0.3) is 89.5 Å². The maximum absolute atomic E-state index is 5.31. The summed E-state index contributed by atoms with van der Waals surface area (Å²) in [7, 11) is 0. The second-order valence-electron chi connectivity index (χ2n) is 23.7. The van der Waals surface area contributed by atoms with Gasteiger partial charge in [0.25, 0.3) is 0 Å². The van der Waals surface area contributed by atoms with E-state index >= 15 is 0 Å². The lowest BCUT2D eigenvalue weighted by molar-refractivity contribution is 0.00426. The van der Waals surface area contributed by atoms with Crippen molar-refractivity contribution in [2.24, 2.45) is 5.92 Å². The van der Waals surface area contributed by atoms with Crippen molar-refractivity contribution in [2.45, 2.75) is 73.5 Å². The number of fused-ring (bicyclic) bond motifs is 9. The Balaban J connectivity index is 0.878. The van der Waals surface area contributed by atoms with Crippen LogP contribution in [-0.4, -0.2) is 9.97 Å². The first-order valence-electron chi connectivity index (χ1n) is 28.8. The van der Waals surface area contributed by atoms with Gasteiger partial charge in [-0.25, -0.2) is 9.97 Å². The van der Waals surface area contributed by atoms with Crippen LogP contribution in [0.5, 0.6) is 0 Å². The first-order valence-corrected chi connectivity index (χ1v) is 28.8. The second-order valence-corrected chi connectivity index (χ2v) is 23.7. The minimum absolute atomic E-state index is 0.0775. The number of hydrogen-bond donors (Lipinski definition) is 0. The summed E-state index contributed by atoms with van der Waals surface area (Å²) in [6, 6.07) is 96.5. The maximum atomic E-state index is 5.31. The molecule has 2 nitrogen and oxygen atoms in total. The molecule has 1 heterocycles. The molecule has 0 amide bonds. The van der Waals surface area contributed by atoms with E-state index in [1.54, 1.807) is 22.3 Å². The zero-order valence-corrected chi connectivity index (χ0v) is 44.6. The molecule has 16 rings (SSSR count). The van der Waals surface area contributed by atoms with Crippen molar-refractivity contribution in [3.05, 3.63) is 288 Å². The van der Waals surface area contributed by atoms with Gasteiger partial charge in [0, 0.05) is 32.9 Å². The summed E-state index contributed by atoms with van der Waals surface area (Å²) in [6.45, 7) is 2.31. The van der Waals surface area contributed by atoms with Crippen LogP contribution in [0, 0.1) is 12.8 Å². The molecule has 0 N–H and O–H groups in total. The summed E-state index contributed by atoms with van der Waals surface area (Å²) in [4.78, 5) is 10.6. The third kappa shape index (κ3) is 6.96. The number of benzene rings is 10. The van der Waals surface area contributed by atoms with Gasteiger partial charge in [0.15, 0.2) is 5.82 Å². The van der Waals surface area contributed by atoms with E-state index in [0.29, 0.717) is 17.8 Å². The van der Waals surface area contributed by atoms with E-state index in [0.717, 1.165) is 53.2 Å². The number of aromatic nitrogens is 2. The molecule has 1 aromatic heterocycles. The van der Waals surface area contributed by atoms with E-state index in [2.05, 4.69) is 262 Å². The van der Waals surface area contributed by atoms with E-state index in [4.69, 9.17) is 9.97 Å². The SMILES string of the molecule is Cc1ccccc1-c1ccccc1C12CCCC34CC(CC5(CC1c1ccccc1-c1ccccc15)C32)c1ccccc1-c1ccc(-c2ccc(-c3nc(-c5ccccc5)cc(-c5ccc(-c6ccccc6)cc5)n3)cc2)cc14. The van der Waals surface area contributed by atoms with Gasteiger partial charge in [-0.15, -0.1) is 0 Å². The van der Waals surface area contributed by atoms with E-state index < -0.39 is 0 Å². The molecule has 3 saturated carbocycles. The Morgan fingerprint density at radius 2 is 0.823 bits per heavy atom. The minimum Gasteiger partial charge on any atom is -0.228 e. The third-order valence-electron chi connectivity index (χ3n) is 20.0. The Hall–Kier alpha value is -8.72. The molecule has 378 valence electrons. The summed E-state index contributed by atoms with van der Waals surface area (Å²) in [6.07, 6.45) is 6.99. The van der Waals surface area contributed by atoms with E-state index in [-0.39, 0.29) is 16.2 Å². The lowest BCUT2D eigenvalue weighted by Gasteiger charge is -2.63. The average molecular weight is 1010 g/mol. The Bertz CT molecular complexity index is 4180. The first kappa shape index (κ1) is 46.4. The lowest BCUT2D eigenvalue weighted by Crippen LogP contribution is -2.60. The Kier molecular flexibility index (Phi) is 10.5. The van der Waals surface area contributed by atoms with Gasteiger partial charge in [-0.3, -0.25) is 0 Å². The number of nitrogens with zero attached hydrogens (tertiary/aromatic N) is 2. The highest BCUT2D eigenvalue weighted by Gasteiger charge is 2.74. The van der Waals surface area contributed by atoms with Gasteiger partial charge in [0.05, 0.1) is 11.4 Å². The van der Waals surface area contributed by atoms with Gasteiger partial charge >= 0.3 is 0 Å². The monoisotopic (exact) mass is 1010 g/mol. The zero-order chi connectivity index (χ0) is 52.3. The second kappa shape index (κ2) is 17.9. The Morgan fingerprint density at radius 1 is 0.342 bits per heavy atom. The molecular formula is C77H60N2. The van der Waals surface area contributed by atoms with E-state index in [9.17, 15) is 0 Å². The van der Waals surface area contributed by atoms with Crippen LogP contribution in [0.15, 0.2) is 255 Å². The highest BCUT2D eigenvalue weighted by atomic mass is 14.9. The molecule has 4 bridgehead atoms. The molecule has 2 heteroatoms. The molecule has 0 saturated heterocycles. The van der Waals surface area contributed by atoms with Gasteiger partial charge in [0.2, 0.25) is 0 Å². The van der Waals surface area contributed by atoms with Crippen molar-refractivity contribution in [3.8, 4) is 89.5 Å². The van der Waals surface area contributed by atoms with Crippen LogP contribution < -0.4 is 0 Å². The predicted molar refractivity (Wildman–Crippen MR) is 325 cm³/mol. The van der Waals surface area contributed by atoms with E-state index in [1.807, 2.05) is 0 Å². The molecule has 6 atom stereocenters. The van der Waals surface area contributed by atoms with Crippen LogP contribution in [0.1, 0.15) is 83.7 Å². The third-order valence-corrected chi connectivity index (χ3v) is 20.0. The summed E-state index contributed by atoms with van der Waals surface area (Å²) >= 11 is 0. The number of hydrogen-bond acceptors (Lipinski definition) is 2. The Labute approximate surface area is 464 Å². The van der Waals surface area contributed by atoms with Crippen molar-refractivity contribution >= 4 is 0 Å². The quantitative estimate of drug-likeness (QED) is 0.159. The fraction of sp³-hybridized carbons (Fsp3) is 0.169. The van der Waals surface area contributed by atoms with Crippen molar-refractivity contribution in [1.82, 2.24) is 9.97 Å². The standard InChI is InChI=1S/C77H60N2/c1-50-19-8-9-24-59(50)63-28-15-17-32-68(63)77-44-18-43-75-47-58(48-76(74(75)77)49-70(77)65-30-13-12-27-62(65)64-29-14-16-31-67(64)76)60-25-10-11-26-61(60)66-42-41-57(45-69(66)75)53-35-39-56(40-36-53)73-78-71(54-22-6-3-7-23-54)46-72(79-73)55-37-33-52(34-38-55)51-20-4-2-5-21-51/h2-17,19-42,45-46,58,70,74H,18,43-44,47-49H2,1H3. The predicted octanol–water partition coefficient (Wildman–Crippen LogP) is 19.4. The number of rotatable bonds is 7. The van der Waals surface area contributed by atoms with Gasteiger partial charge in [-0.05, 0) is 158 Å². The molecule has 11 aromatic rings. The molecule has 5 aliphatic carbocycles. The van der Waals surface area contributed by atoms with Crippen molar-refractivity contribution in [2.75, 3.05) is 0 Å². The molecule has 6 unspecified atom stereocenters. The first-order chi connectivity index (χ1) is 39.0. The lowest BCUT2D eigenvalue weighted by atomic mass is 9.39. The molecule has 5 aliphatic rings. The molecule has 0 aliphatic heterocycles. The van der Waals surface area contributed by atoms with Crippen LogP contribution >= 0.6 is 0 Å². The maximum Gasteiger partial charge on any atom is 0.160 e. The minimum atomic E-state index is -0.131. The summed E-state index contributed by atoms with van der Waals surface area (Å²) in [5.41, 5.74) is 27.2. The van der Waals surface area contributed by atoms with Crippen LogP contribution in [0.3, 0.4) is 0 Å². The van der Waals surface area contributed by atoms with E-state index in [1.165, 1.54) is 86.0 Å². The molecule has 3 fully saturated rings. The topological polar surface area (TPSA) is 25.8 Å². The number of aryl methyl sites for hydroxylation is 1. The van der Waals surface area contributed by atoms with Crippen molar-refractivity contribution in [1.29, 1.82) is 0 Å². The van der Waals surface area contributed by atoms with Gasteiger partial charge in [-0.1, -0.05) is 249 Å². The fourth-order valence-electron chi connectivity index (χ4n) is 17.2. The van der Waals surface area contributed by atoms with Crippen molar-refractivity contribution < 1.29 is 0 Å². The zero-order valence-electron chi connectivity index (χ0n) is 44.6. The van der Waals surface area contributed by atoms with Gasteiger partial charge < -0.3 is 0 Å². The molecule has 1 spiro atoms.